The van der Waals surface area contributed by atoms with Gasteiger partial charge in [-0.15, -0.1) is 6.58 Å². The van der Waals surface area contributed by atoms with Gasteiger partial charge in [-0.3, -0.25) is 0 Å². The molecule has 0 fully saturated rings. The van der Waals surface area contributed by atoms with Crippen molar-refractivity contribution in [2.75, 3.05) is 52.9 Å². The number of hydrogen-bond acceptors (Lipinski definition) is 5. The molecule has 0 saturated heterocycles. The maximum atomic E-state index is 8.49. The molecule has 0 aromatic heterocycles. The quantitative estimate of drug-likeness (QED) is 0.347. The third-order valence-corrected chi connectivity index (χ3v) is 2.64. The van der Waals surface area contributed by atoms with Gasteiger partial charge in [-0.1, -0.05) is 25.8 Å². The van der Waals surface area contributed by atoms with E-state index in [1.807, 2.05) is 6.08 Å². The fourth-order valence-corrected chi connectivity index (χ4v) is 1.54. The summed E-state index contributed by atoms with van der Waals surface area (Å²) in [6, 6.07) is 0. The van der Waals surface area contributed by atoms with Crippen LogP contribution in [0.3, 0.4) is 0 Å². The van der Waals surface area contributed by atoms with Crippen LogP contribution in [-0.2, 0) is 18.9 Å². The Morgan fingerprint density at radius 1 is 0.950 bits per heavy atom. The van der Waals surface area contributed by atoms with Crippen molar-refractivity contribution in [3.8, 4) is 0 Å². The highest BCUT2D eigenvalue weighted by atomic mass is 16.6. The summed E-state index contributed by atoms with van der Waals surface area (Å²) in [7, 11) is 0. The van der Waals surface area contributed by atoms with E-state index in [4.69, 9.17) is 24.1 Å². The van der Waals surface area contributed by atoms with Crippen LogP contribution >= 0.6 is 0 Å². The molecule has 0 spiro atoms. The molecule has 0 aromatic rings. The summed E-state index contributed by atoms with van der Waals surface area (Å²) in [5.41, 5.74) is 0. The van der Waals surface area contributed by atoms with Crippen molar-refractivity contribution in [2.24, 2.45) is 0 Å². The average molecular weight is 290 g/mol. The smallest absolute Gasteiger partial charge is 0.0754 e. The maximum Gasteiger partial charge on any atom is 0.0754 e. The summed E-state index contributed by atoms with van der Waals surface area (Å²) in [6.07, 6.45) is 5.34. The van der Waals surface area contributed by atoms with Crippen LogP contribution in [-0.4, -0.2) is 64.1 Å². The number of aliphatic hydroxyl groups excluding tert-OH is 1. The maximum absolute atomic E-state index is 8.49. The van der Waals surface area contributed by atoms with Gasteiger partial charge in [-0.05, 0) is 6.42 Å². The number of hydrogen-bond donors (Lipinski definition) is 1. The van der Waals surface area contributed by atoms with Crippen LogP contribution in [0, 0.1) is 0 Å². The molecule has 0 rings (SSSR count). The van der Waals surface area contributed by atoms with Gasteiger partial charge in [0.1, 0.15) is 0 Å². The Morgan fingerprint density at radius 2 is 1.50 bits per heavy atom. The lowest BCUT2D eigenvalue weighted by Gasteiger charge is -2.13. The van der Waals surface area contributed by atoms with E-state index >= 15 is 0 Å². The SMILES string of the molecule is C=CC(CCCC)OCCOCCOCCOCCO. The highest BCUT2D eigenvalue weighted by Gasteiger charge is 2.02. The second-order valence-electron chi connectivity index (χ2n) is 4.35. The topological polar surface area (TPSA) is 57.2 Å². The van der Waals surface area contributed by atoms with E-state index < -0.39 is 0 Å². The summed E-state index contributed by atoms with van der Waals surface area (Å²) in [5, 5.41) is 8.49. The Balaban J connectivity index is 3.17. The summed E-state index contributed by atoms with van der Waals surface area (Å²) in [4.78, 5) is 0. The molecule has 0 aliphatic rings. The van der Waals surface area contributed by atoms with Crippen molar-refractivity contribution in [2.45, 2.75) is 32.3 Å². The van der Waals surface area contributed by atoms with E-state index in [0.717, 1.165) is 12.8 Å². The zero-order chi connectivity index (χ0) is 14.9. The van der Waals surface area contributed by atoms with E-state index in [9.17, 15) is 0 Å². The lowest BCUT2D eigenvalue weighted by atomic mass is 10.1. The van der Waals surface area contributed by atoms with E-state index in [0.29, 0.717) is 46.2 Å². The van der Waals surface area contributed by atoms with Crippen LogP contribution in [0.5, 0.6) is 0 Å². The van der Waals surface area contributed by atoms with Gasteiger partial charge >= 0.3 is 0 Å². The Labute approximate surface area is 122 Å². The molecular weight excluding hydrogens is 260 g/mol. The molecule has 0 heterocycles. The van der Waals surface area contributed by atoms with Gasteiger partial charge in [0.15, 0.2) is 0 Å². The van der Waals surface area contributed by atoms with Gasteiger partial charge in [-0.2, -0.15) is 0 Å². The van der Waals surface area contributed by atoms with Crippen molar-refractivity contribution >= 4 is 0 Å². The third kappa shape index (κ3) is 14.0. The Hall–Kier alpha value is -0.460. The van der Waals surface area contributed by atoms with E-state index in [1.54, 1.807) is 0 Å². The van der Waals surface area contributed by atoms with Gasteiger partial charge in [0.25, 0.3) is 0 Å². The molecule has 0 aromatic carbocycles. The number of rotatable bonds is 16. The predicted octanol–water partition coefficient (Wildman–Crippen LogP) is 1.79. The first kappa shape index (κ1) is 19.5. The fraction of sp³-hybridized carbons (Fsp3) is 0.867. The molecule has 120 valence electrons. The molecule has 20 heavy (non-hydrogen) atoms. The minimum atomic E-state index is 0.0487. The summed E-state index contributed by atoms with van der Waals surface area (Å²) in [5.74, 6) is 0. The molecule has 0 radical (unpaired) electrons. The molecule has 5 nitrogen and oxygen atoms in total. The molecule has 0 aliphatic carbocycles. The summed E-state index contributed by atoms with van der Waals surface area (Å²) >= 11 is 0. The van der Waals surface area contributed by atoms with Crippen molar-refractivity contribution < 1.29 is 24.1 Å². The van der Waals surface area contributed by atoms with Gasteiger partial charge < -0.3 is 24.1 Å². The first-order valence-electron chi connectivity index (χ1n) is 7.43. The molecule has 1 N–H and O–H groups in total. The number of unbranched alkanes of at least 4 members (excludes halogenated alkanes) is 1. The van der Waals surface area contributed by atoms with Crippen LogP contribution in [0.15, 0.2) is 12.7 Å². The van der Waals surface area contributed by atoms with Gasteiger partial charge in [0.05, 0.1) is 59.0 Å². The van der Waals surface area contributed by atoms with Crippen LogP contribution in [0.25, 0.3) is 0 Å². The first-order valence-corrected chi connectivity index (χ1v) is 7.43. The number of aliphatic hydroxyl groups is 1. The van der Waals surface area contributed by atoms with Crippen molar-refractivity contribution in [3.63, 3.8) is 0 Å². The second kappa shape index (κ2) is 16.6. The highest BCUT2D eigenvalue weighted by molar-refractivity contribution is 4.79. The van der Waals surface area contributed by atoms with E-state index in [2.05, 4.69) is 13.5 Å². The Morgan fingerprint density at radius 3 is 2.00 bits per heavy atom. The molecule has 0 aliphatic heterocycles. The molecule has 5 heteroatoms. The minimum absolute atomic E-state index is 0.0487. The van der Waals surface area contributed by atoms with Crippen LogP contribution < -0.4 is 0 Å². The lowest BCUT2D eigenvalue weighted by Crippen LogP contribution is -2.16. The Bertz CT molecular complexity index is 199. The first-order chi connectivity index (χ1) is 9.85. The van der Waals surface area contributed by atoms with Gasteiger partial charge in [0.2, 0.25) is 0 Å². The molecule has 1 atom stereocenters. The van der Waals surface area contributed by atoms with E-state index in [1.165, 1.54) is 6.42 Å². The number of ether oxygens (including phenoxy) is 4. The van der Waals surface area contributed by atoms with Crippen LogP contribution in [0.2, 0.25) is 0 Å². The van der Waals surface area contributed by atoms with Gasteiger partial charge in [-0.25, -0.2) is 0 Å². The van der Waals surface area contributed by atoms with Crippen LogP contribution in [0.4, 0.5) is 0 Å². The van der Waals surface area contributed by atoms with Gasteiger partial charge in [0, 0.05) is 0 Å². The molecule has 0 bridgehead atoms. The van der Waals surface area contributed by atoms with Crippen molar-refractivity contribution in [1.82, 2.24) is 0 Å². The minimum Gasteiger partial charge on any atom is -0.394 e. The average Bonchev–Trinajstić information content (AvgIpc) is 2.48. The predicted molar refractivity (Wildman–Crippen MR) is 79.0 cm³/mol. The molecule has 0 amide bonds. The Kier molecular flexibility index (Phi) is 16.2. The zero-order valence-electron chi connectivity index (χ0n) is 12.7. The second-order valence-corrected chi connectivity index (χ2v) is 4.35. The summed E-state index contributed by atoms with van der Waals surface area (Å²) in [6.45, 7) is 9.62. The normalized spacial score (nSPS) is 12.5. The van der Waals surface area contributed by atoms with Crippen molar-refractivity contribution in [3.05, 3.63) is 12.7 Å². The summed E-state index contributed by atoms with van der Waals surface area (Å²) < 4.78 is 21.4. The van der Waals surface area contributed by atoms with Crippen molar-refractivity contribution in [1.29, 1.82) is 0 Å². The third-order valence-electron chi connectivity index (χ3n) is 2.64. The zero-order valence-corrected chi connectivity index (χ0v) is 12.7. The highest BCUT2D eigenvalue weighted by Crippen LogP contribution is 2.05. The standard InChI is InChI=1S/C15H30O5/c1-3-5-6-15(4-2)20-14-13-19-12-11-18-10-9-17-8-7-16/h4,15-16H,2-3,5-14H2,1H3. The molecule has 1 unspecified atom stereocenters. The largest absolute Gasteiger partial charge is 0.394 e. The monoisotopic (exact) mass is 290 g/mol. The van der Waals surface area contributed by atoms with E-state index in [-0.39, 0.29) is 12.7 Å². The molecular formula is C15H30O5. The lowest BCUT2D eigenvalue weighted by molar-refractivity contribution is -0.0138. The van der Waals surface area contributed by atoms with Crippen LogP contribution in [0.1, 0.15) is 26.2 Å². The molecule has 0 saturated carbocycles. The fourth-order valence-electron chi connectivity index (χ4n) is 1.54.